The van der Waals surface area contributed by atoms with Gasteiger partial charge in [-0.25, -0.2) is 0 Å². The Balaban J connectivity index is 2.04. The van der Waals surface area contributed by atoms with E-state index >= 15 is 0 Å². The molecule has 1 aliphatic rings. The number of fused-ring (bicyclic) bond motifs is 1. The van der Waals surface area contributed by atoms with Crippen molar-refractivity contribution in [2.45, 2.75) is 39.2 Å². The topological polar surface area (TPSA) is 23.5 Å². The van der Waals surface area contributed by atoms with Crippen molar-refractivity contribution in [2.75, 3.05) is 11.4 Å². The van der Waals surface area contributed by atoms with Crippen molar-refractivity contribution in [1.82, 2.24) is 0 Å². The van der Waals surface area contributed by atoms with Crippen LogP contribution in [0.4, 0.5) is 5.69 Å². The molecule has 1 aliphatic carbocycles. The summed E-state index contributed by atoms with van der Waals surface area (Å²) in [6.45, 7) is 5.36. The van der Waals surface area contributed by atoms with E-state index in [0.29, 0.717) is 11.8 Å². The molecule has 1 unspecified atom stereocenters. The molecule has 2 aromatic carbocycles. The molecule has 2 nitrogen and oxygen atoms in total. The van der Waals surface area contributed by atoms with Gasteiger partial charge in [0.25, 0.3) is 0 Å². The minimum atomic E-state index is 0.368. The van der Waals surface area contributed by atoms with Crippen LogP contribution in [0.2, 0.25) is 0 Å². The summed E-state index contributed by atoms with van der Waals surface area (Å²) in [6.07, 6.45) is 3.49. The second-order valence-electron chi connectivity index (χ2n) is 5.86. The van der Waals surface area contributed by atoms with Gasteiger partial charge in [0, 0.05) is 12.2 Å². The van der Waals surface area contributed by atoms with Gasteiger partial charge >= 0.3 is 0 Å². The summed E-state index contributed by atoms with van der Waals surface area (Å²) in [7, 11) is 0. The van der Waals surface area contributed by atoms with Gasteiger partial charge in [-0.1, -0.05) is 24.3 Å². The maximum atomic E-state index is 9.87. The molecule has 0 amide bonds. The third kappa shape index (κ3) is 2.63. The molecule has 0 aliphatic heterocycles. The third-order valence-electron chi connectivity index (χ3n) is 4.55. The molecule has 110 valence electrons. The lowest BCUT2D eigenvalue weighted by molar-refractivity contribution is 0.467. The fourth-order valence-corrected chi connectivity index (χ4v) is 3.53. The molecule has 0 fully saturated rings. The van der Waals surface area contributed by atoms with Gasteiger partial charge in [0.1, 0.15) is 5.75 Å². The van der Waals surface area contributed by atoms with E-state index in [1.807, 2.05) is 12.1 Å². The number of para-hydroxylation sites is 1. The summed E-state index contributed by atoms with van der Waals surface area (Å²) in [4.78, 5) is 2.48. The van der Waals surface area contributed by atoms with Crippen molar-refractivity contribution >= 4 is 5.69 Å². The number of benzene rings is 2. The molecule has 0 saturated carbocycles. The molecule has 2 heteroatoms. The number of phenolic OH excluding ortho intramolecular Hbond substituents is 1. The van der Waals surface area contributed by atoms with Crippen LogP contribution in [-0.2, 0) is 6.42 Å². The summed E-state index contributed by atoms with van der Waals surface area (Å²) in [6, 6.07) is 14.8. The Labute approximate surface area is 127 Å². The number of hydrogen-bond acceptors (Lipinski definition) is 2. The normalized spacial score (nSPS) is 17.3. The van der Waals surface area contributed by atoms with Gasteiger partial charge in [0.15, 0.2) is 0 Å². The van der Waals surface area contributed by atoms with Crippen LogP contribution in [0.15, 0.2) is 42.5 Å². The second kappa shape index (κ2) is 5.80. The standard InChI is InChI=1S/C19H23NO/c1-3-20(18-9-5-4-7-14(18)2)19-10-6-8-15-11-12-16(21)13-17(15)19/h4-5,7,9,11-13,19,21H,3,6,8,10H2,1-2H3. The summed E-state index contributed by atoms with van der Waals surface area (Å²) in [5.74, 6) is 0.376. The van der Waals surface area contributed by atoms with Gasteiger partial charge in [-0.15, -0.1) is 0 Å². The zero-order chi connectivity index (χ0) is 14.8. The van der Waals surface area contributed by atoms with Crippen molar-refractivity contribution in [3.8, 4) is 5.75 Å². The Bertz CT molecular complexity index is 635. The zero-order valence-corrected chi connectivity index (χ0v) is 12.8. The van der Waals surface area contributed by atoms with E-state index in [2.05, 4.69) is 49.1 Å². The Kier molecular flexibility index (Phi) is 3.87. The van der Waals surface area contributed by atoms with Crippen molar-refractivity contribution < 1.29 is 5.11 Å². The van der Waals surface area contributed by atoms with Gasteiger partial charge in [-0.2, -0.15) is 0 Å². The number of aromatic hydroxyl groups is 1. The predicted molar refractivity (Wildman–Crippen MR) is 88.0 cm³/mol. The van der Waals surface area contributed by atoms with Crippen molar-refractivity contribution in [3.63, 3.8) is 0 Å². The highest BCUT2D eigenvalue weighted by Gasteiger charge is 2.26. The SMILES string of the molecule is CCN(c1ccccc1C)C1CCCc2ccc(O)cc21. The van der Waals surface area contributed by atoms with Crippen LogP contribution in [0.5, 0.6) is 5.75 Å². The Hall–Kier alpha value is -1.96. The van der Waals surface area contributed by atoms with Crippen LogP contribution in [0, 0.1) is 6.92 Å². The fraction of sp³-hybridized carbons (Fsp3) is 0.368. The van der Waals surface area contributed by atoms with Gasteiger partial charge in [0.05, 0.1) is 6.04 Å². The molecule has 2 aromatic rings. The van der Waals surface area contributed by atoms with Crippen molar-refractivity contribution in [3.05, 3.63) is 59.2 Å². The summed E-state index contributed by atoms with van der Waals surface area (Å²) < 4.78 is 0. The highest BCUT2D eigenvalue weighted by Crippen LogP contribution is 2.39. The second-order valence-corrected chi connectivity index (χ2v) is 5.86. The van der Waals surface area contributed by atoms with E-state index in [1.165, 1.54) is 28.8 Å². The average molecular weight is 281 g/mol. The number of nitrogens with zero attached hydrogens (tertiary/aromatic N) is 1. The molecule has 0 radical (unpaired) electrons. The monoisotopic (exact) mass is 281 g/mol. The first kappa shape index (κ1) is 14.0. The smallest absolute Gasteiger partial charge is 0.115 e. The predicted octanol–water partition coefficient (Wildman–Crippen LogP) is 4.60. The number of hydrogen-bond donors (Lipinski definition) is 1. The molecular formula is C19H23NO. The first-order valence-electron chi connectivity index (χ1n) is 7.84. The number of anilines is 1. The van der Waals surface area contributed by atoms with Crippen LogP contribution in [0.3, 0.4) is 0 Å². The van der Waals surface area contributed by atoms with E-state index in [0.717, 1.165) is 19.4 Å². The summed E-state index contributed by atoms with van der Waals surface area (Å²) >= 11 is 0. The Morgan fingerprint density at radius 1 is 1.19 bits per heavy atom. The quantitative estimate of drug-likeness (QED) is 0.888. The van der Waals surface area contributed by atoms with Crippen molar-refractivity contribution in [1.29, 1.82) is 0 Å². The lowest BCUT2D eigenvalue weighted by Gasteiger charge is -2.37. The largest absolute Gasteiger partial charge is 0.508 e. The molecule has 0 aromatic heterocycles. The van der Waals surface area contributed by atoms with E-state index in [1.54, 1.807) is 0 Å². The molecule has 0 heterocycles. The molecule has 0 bridgehead atoms. The number of phenols is 1. The minimum absolute atomic E-state index is 0.368. The fourth-order valence-electron chi connectivity index (χ4n) is 3.53. The van der Waals surface area contributed by atoms with Gasteiger partial charge < -0.3 is 10.0 Å². The van der Waals surface area contributed by atoms with Crippen molar-refractivity contribution in [2.24, 2.45) is 0 Å². The first-order chi connectivity index (χ1) is 10.2. The highest BCUT2D eigenvalue weighted by atomic mass is 16.3. The first-order valence-corrected chi connectivity index (χ1v) is 7.84. The lowest BCUT2D eigenvalue weighted by Crippen LogP contribution is -2.31. The van der Waals surface area contributed by atoms with Gasteiger partial charge in [-0.3, -0.25) is 0 Å². The van der Waals surface area contributed by atoms with Gasteiger partial charge in [-0.05, 0) is 68.0 Å². The minimum Gasteiger partial charge on any atom is -0.508 e. The Morgan fingerprint density at radius 3 is 2.76 bits per heavy atom. The maximum absolute atomic E-state index is 9.87. The van der Waals surface area contributed by atoms with Gasteiger partial charge in [0.2, 0.25) is 0 Å². The van der Waals surface area contributed by atoms with E-state index < -0.39 is 0 Å². The molecule has 3 rings (SSSR count). The van der Waals surface area contributed by atoms with Crippen LogP contribution in [0.1, 0.15) is 42.5 Å². The molecule has 1 atom stereocenters. The summed E-state index contributed by atoms with van der Waals surface area (Å²) in [5, 5.41) is 9.87. The third-order valence-corrected chi connectivity index (χ3v) is 4.55. The Morgan fingerprint density at radius 2 is 2.00 bits per heavy atom. The molecule has 21 heavy (non-hydrogen) atoms. The lowest BCUT2D eigenvalue weighted by atomic mass is 9.86. The van der Waals surface area contributed by atoms with E-state index in [9.17, 15) is 5.11 Å². The van der Waals surface area contributed by atoms with E-state index in [-0.39, 0.29) is 0 Å². The molecule has 0 spiro atoms. The van der Waals surface area contributed by atoms with Crippen LogP contribution >= 0.6 is 0 Å². The molecule has 0 saturated heterocycles. The average Bonchev–Trinajstić information content (AvgIpc) is 2.50. The van der Waals surface area contributed by atoms with Crippen LogP contribution in [-0.4, -0.2) is 11.7 Å². The van der Waals surface area contributed by atoms with Crippen LogP contribution < -0.4 is 4.90 Å². The number of rotatable bonds is 3. The van der Waals surface area contributed by atoms with Crippen LogP contribution in [0.25, 0.3) is 0 Å². The zero-order valence-electron chi connectivity index (χ0n) is 12.8. The summed E-state index contributed by atoms with van der Waals surface area (Å²) in [5.41, 5.74) is 5.30. The highest BCUT2D eigenvalue weighted by molar-refractivity contribution is 5.56. The maximum Gasteiger partial charge on any atom is 0.115 e. The van der Waals surface area contributed by atoms with E-state index in [4.69, 9.17) is 0 Å². The molecule has 1 N–H and O–H groups in total. The number of aryl methyl sites for hydroxylation is 2. The molecular weight excluding hydrogens is 258 g/mol.